The lowest BCUT2D eigenvalue weighted by Crippen LogP contribution is -2.67. The summed E-state index contributed by atoms with van der Waals surface area (Å²) in [5.41, 5.74) is 1.97. The summed E-state index contributed by atoms with van der Waals surface area (Å²) in [5.74, 6) is 1.31. The lowest BCUT2D eigenvalue weighted by atomic mass is 9.81. The zero-order chi connectivity index (χ0) is 12.2. The number of ether oxygens (including phenoxy) is 1. The van der Waals surface area contributed by atoms with Crippen molar-refractivity contribution in [2.24, 2.45) is 5.92 Å². The number of para-hydroxylation sites is 1. The second-order valence-electron chi connectivity index (χ2n) is 5.07. The Morgan fingerprint density at radius 3 is 2.94 bits per heavy atom. The lowest BCUT2D eigenvalue weighted by Gasteiger charge is -2.50. The minimum Gasteiger partial charge on any atom is -0.467 e. The Labute approximate surface area is 107 Å². The summed E-state index contributed by atoms with van der Waals surface area (Å²) in [4.78, 5) is 0. The van der Waals surface area contributed by atoms with Crippen LogP contribution in [0.1, 0.15) is 31.0 Å². The van der Waals surface area contributed by atoms with Gasteiger partial charge in [0.15, 0.2) is 10.8 Å². The van der Waals surface area contributed by atoms with E-state index in [9.17, 15) is 0 Å². The van der Waals surface area contributed by atoms with Gasteiger partial charge in [-0.1, -0.05) is 25.1 Å². The van der Waals surface area contributed by atoms with E-state index in [4.69, 9.17) is 17.0 Å². The number of aryl methyl sites for hydroxylation is 1. The van der Waals surface area contributed by atoms with E-state index < -0.39 is 5.72 Å². The average Bonchev–Trinajstić information content (AvgIpc) is 2.24. The third kappa shape index (κ3) is 1.43. The van der Waals surface area contributed by atoms with Gasteiger partial charge in [0.05, 0.1) is 6.04 Å². The Morgan fingerprint density at radius 1 is 1.41 bits per heavy atom. The van der Waals surface area contributed by atoms with Crippen molar-refractivity contribution in [3.8, 4) is 5.75 Å². The fourth-order valence-electron chi connectivity index (χ4n) is 2.70. The van der Waals surface area contributed by atoms with Crippen molar-refractivity contribution in [1.29, 1.82) is 0 Å². The molecular formula is C13H16N2OS. The van der Waals surface area contributed by atoms with E-state index in [-0.39, 0.29) is 6.04 Å². The summed E-state index contributed by atoms with van der Waals surface area (Å²) in [7, 11) is 0. The van der Waals surface area contributed by atoms with Crippen molar-refractivity contribution in [3.05, 3.63) is 29.3 Å². The minimum atomic E-state index is -0.411. The van der Waals surface area contributed by atoms with E-state index in [2.05, 4.69) is 49.6 Å². The van der Waals surface area contributed by atoms with Crippen LogP contribution in [0.25, 0.3) is 0 Å². The molecule has 1 aromatic rings. The maximum atomic E-state index is 6.17. The normalized spacial score (nSPS) is 34.2. The largest absolute Gasteiger partial charge is 0.467 e. The van der Waals surface area contributed by atoms with Crippen LogP contribution in [-0.2, 0) is 0 Å². The Kier molecular flexibility index (Phi) is 2.14. The molecule has 1 fully saturated rings. The summed E-state index contributed by atoms with van der Waals surface area (Å²) in [5, 5.41) is 7.26. The first-order valence-electron chi connectivity index (χ1n) is 5.88. The Balaban J connectivity index is 2.18. The molecule has 1 aromatic carbocycles. The van der Waals surface area contributed by atoms with Gasteiger partial charge in [-0.25, -0.2) is 0 Å². The van der Waals surface area contributed by atoms with Crippen molar-refractivity contribution in [2.45, 2.75) is 32.5 Å². The first-order valence-corrected chi connectivity index (χ1v) is 6.29. The second-order valence-corrected chi connectivity index (χ2v) is 5.48. The van der Waals surface area contributed by atoms with Gasteiger partial charge >= 0.3 is 0 Å². The Bertz CT molecular complexity index is 502. The lowest BCUT2D eigenvalue weighted by molar-refractivity contribution is -0.0269. The molecule has 2 bridgehead atoms. The molecule has 0 spiro atoms. The third-order valence-electron chi connectivity index (χ3n) is 3.91. The van der Waals surface area contributed by atoms with Crippen molar-refractivity contribution >= 4 is 17.3 Å². The van der Waals surface area contributed by atoms with Crippen molar-refractivity contribution in [1.82, 2.24) is 10.6 Å². The van der Waals surface area contributed by atoms with E-state index in [1.54, 1.807) is 0 Å². The van der Waals surface area contributed by atoms with Crippen LogP contribution >= 0.6 is 12.2 Å². The summed E-state index contributed by atoms with van der Waals surface area (Å²) < 4.78 is 6.17. The maximum Gasteiger partial charge on any atom is 0.184 e. The van der Waals surface area contributed by atoms with Crippen LogP contribution in [0.15, 0.2) is 18.2 Å². The van der Waals surface area contributed by atoms with Gasteiger partial charge in [-0.3, -0.25) is 0 Å². The van der Waals surface area contributed by atoms with E-state index in [1.807, 2.05) is 0 Å². The summed E-state index contributed by atoms with van der Waals surface area (Å²) in [6, 6.07) is 6.49. The average molecular weight is 248 g/mol. The van der Waals surface area contributed by atoms with E-state index in [0.717, 1.165) is 5.75 Å². The predicted molar refractivity (Wildman–Crippen MR) is 71.0 cm³/mol. The highest BCUT2D eigenvalue weighted by molar-refractivity contribution is 7.80. The monoisotopic (exact) mass is 248 g/mol. The molecule has 2 heterocycles. The zero-order valence-electron chi connectivity index (χ0n) is 10.2. The van der Waals surface area contributed by atoms with E-state index in [0.29, 0.717) is 11.0 Å². The fraction of sp³-hybridized carbons (Fsp3) is 0.462. The van der Waals surface area contributed by atoms with Crippen LogP contribution in [0.4, 0.5) is 0 Å². The molecule has 0 aromatic heterocycles. The third-order valence-corrected chi connectivity index (χ3v) is 4.13. The molecule has 0 radical (unpaired) electrons. The predicted octanol–water partition coefficient (Wildman–Crippen LogP) is 2.26. The maximum absolute atomic E-state index is 6.17. The smallest absolute Gasteiger partial charge is 0.184 e. The molecule has 2 aliphatic rings. The van der Waals surface area contributed by atoms with E-state index in [1.165, 1.54) is 11.1 Å². The van der Waals surface area contributed by atoms with Crippen molar-refractivity contribution < 1.29 is 4.74 Å². The number of thiocarbonyl (C=S) groups is 1. The van der Waals surface area contributed by atoms with Crippen LogP contribution in [0.2, 0.25) is 0 Å². The molecule has 1 saturated heterocycles. The van der Waals surface area contributed by atoms with Gasteiger partial charge < -0.3 is 15.4 Å². The van der Waals surface area contributed by atoms with Gasteiger partial charge in [0.25, 0.3) is 0 Å². The molecule has 2 aliphatic heterocycles. The number of rotatable bonds is 0. The molecule has 3 unspecified atom stereocenters. The number of nitrogens with one attached hydrogen (secondary N) is 2. The molecule has 3 rings (SSSR count). The number of hydrogen-bond donors (Lipinski definition) is 2. The van der Waals surface area contributed by atoms with Crippen LogP contribution in [0.3, 0.4) is 0 Å². The summed E-state index contributed by atoms with van der Waals surface area (Å²) in [6.45, 7) is 6.32. The fourth-order valence-corrected chi connectivity index (χ4v) is 3.03. The number of hydrogen-bond acceptors (Lipinski definition) is 2. The summed E-state index contributed by atoms with van der Waals surface area (Å²) >= 11 is 5.24. The topological polar surface area (TPSA) is 33.3 Å². The molecule has 0 saturated carbocycles. The number of fused-ring (bicyclic) bond motifs is 4. The number of benzene rings is 1. The highest BCUT2D eigenvalue weighted by atomic mass is 32.1. The van der Waals surface area contributed by atoms with Gasteiger partial charge in [-0.2, -0.15) is 0 Å². The summed E-state index contributed by atoms with van der Waals surface area (Å²) in [6.07, 6.45) is 0. The molecule has 2 N–H and O–H groups in total. The van der Waals surface area contributed by atoms with Crippen molar-refractivity contribution in [2.75, 3.05) is 0 Å². The standard InChI is InChI=1S/C13H16N2OS/c1-7-5-4-6-9-10-8(2)13(3,16-11(7)9)15-12(17)14-10/h4-6,8,10H,1-3H3,(H2,14,15,17). The van der Waals surface area contributed by atoms with Crippen LogP contribution in [0, 0.1) is 12.8 Å². The molecule has 0 amide bonds. The van der Waals surface area contributed by atoms with Gasteiger partial charge in [0.1, 0.15) is 5.75 Å². The van der Waals surface area contributed by atoms with Crippen LogP contribution < -0.4 is 15.4 Å². The van der Waals surface area contributed by atoms with Gasteiger partial charge in [0.2, 0.25) is 0 Å². The van der Waals surface area contributed by atoms with Crippen molar-refractivity contribution in [3.63, 3.8) is 0 Å². The molecule has 3 atom stereocenters. The first kappa shape index (κ1) is 10.8. The van der Waals surface area contributed by atoms with Crippen LogP contribution in [0.5, 0.6) is 5.75 Å². The molecular weight excluding hydrogens is 232 g/mol. The van der Waals surface area contributed by atoms with E-state index >= 15 is 0 Å². The Morgan fingerprint density at radius 2 is 2.18 bits per heavy atom. The zero-order valence-corrected chi connectivity index (χ0v) is 11.0. The minimum absolute atomic E-state index is 0.234. The molecule has 3 nitrogen and oxygen atoms in total. The molecule has 17 heavy (non-hydrogen) atoms. The molecule has 4 heteroatoms. The SMILES string of the molecule is Cc1cccc2c1OC1(C)NC(=S)NC2C1C. The Hall–Kier alpha value is -1.29. The van der Waals surface area contributed by atoms with Gasteiger partial charge in [-0.15, -0.1) is 0 Å². The highest BCUT2D eigenvalue weighted by Gasteiger charge is 2.48. The molecule has 90 valence electrons. The van der Waals surface area contributed by atoms with Gasteiger partial charge in [0, 0.05) is 11.5 Å². The molecule has 0 aliphatic carbocycles. The second kappa shape index (κ2) is 3.35. The highest BCUT2D eigenvalue weighted by Crippen LogP contribution is 2.45. The van der Waals surface area contributed by atoms with Gasteiger partial charge in [-0.05, 0) is 31.6 Å². The first-order chi connectivity index (χ1) is 8.01. The quantitative estimate of drug-likeness (QED) is 0.690. The van der Waals surface area contributed by atoms with Crippen LogP contribution in [-0.4, -0.2) is 10.8 Å².